The molecule has 0 atom stereocenters. The third-order valence-corrected chi connectivity index (χ3v) is 5.54. The fraction of sp³-hybridized carbons (Fsp3) is 0.250. The molecule has 0 spiro atoms. The molecule has 1 fully saturated rings. The van der Waals surface area contributed by atoms with Crippen LogP contribution in [0, 0.1) is 0 Å². The molecule has 2 heterocycles. The number of nitrogens with zero attached hydrogens (tertiary/aromatic N) is 3. The Labute approximate surface area is 155 Å². The van der Waals surface area contributed by atoms with Gasteiger partial charge in [-0.25, -0.2) is 4.79 Å². The molecule has 3 aromatic rings. The Morgan fingerprint density at radius 3 is 2.46 bits per heavy atom. The number of benzene rings is 2. The standard InChI is InChI=1S/C20H19N3O2S/c24-18(22-10-12-26-13-11-22)14-23-17-9-5-4-8-16(17)19(21-20(23)25)15-6-2-1-3-7-15/h1-9H,10-14H2. The van der Waals surface area contributed by atoms with E-state index in [0.29, 0.717) is 5.69 Å². The van der Waals surface area contributed by atoms with E-state index in [1.54, 1.807) is 0 Å². The van der Waals surface area contributed by atoms with Crippen molar-refractivity contribution in [3.8, 4) is 11.3 Å². The molecular formula is C20H19N3O2S. The van der Waals surface area contributed by atoms with Crippen molar-refractivity contribution in [3.63, 3.8) is 0 Å². The summed E-state index contributed by atoms with van der Waals surface area (Å²) in [4.78, 5) is 31.5. The van der Waals surface area contributed by atoms with E-state index in [-0.39, 0.29) is 18.1 Å². The molecule has 0 unspecified atom stereocenters. The molecule has 0 radical (unpaired) electrons. The van der Waals surface area contributed by atoms with Gasteiger partial charge in [0.25, 0.3) is 0 Å². The summed E-state index contributed by atoms with van der Waals surface area (Å²) in [6, 6.07) is 17.3. The van der Waals surface area contributed by atoms with Crippen molar-refractivity contribution in [3.05, 3.63) is 65.1 Å². The lowest BCUT2D eigenvalue weighted by molar-refractivity contribution is -0.131. The quantitative estimate of drug-likeness (QED) is 0.716. The van der Waals surface area contributed by atoms with Gasteiger partial charge in [-0.3, -0.25) is 9.36 Å². The van der Waals surface area contributed by atoms with E-state index in [4.69, 9.17) is 0 Å². The second-order valence-electron chi connectivity index (χ2n) is 6.21. The summed E-state index contributed by atoms with van der Waals surface area (Å²) < 4.78 is 1.49. The van der Waals surface area contributed by atoms with Gasteiger partial charge in [-0.2, -0.15) is 16.7 Å². The number of hydrogen-bond acceptors (Lipinski definition) is 4. The SMILES string of the molecule is O=C(Cn1c(=O)nc(-c2ccccc2)c2ccccc21)N1CCSCC1. The average Bonchev–Trinajstić information content (AvgIpc) is 2.71. The molecule has 0 aliphatic carbocycles. The van der Waals surface area contributed by atoms with E-state index < -0.39 is 0 Å². The first-order valence-electron chi connectivity index (χ1n) is 8.64. The Morgan fingerprint density at radius 1 is 1.00 bits per heavy atom. The van der Waals surface area contributed by atoms with E-state index in [9.17, 15) is 9.59 Å². The molecule has 1 aromatic heterocycles. The molecular weight excluding hydrogens is 346 g/mol. The van der Waals surface area contributed by atoms with Crippen molar-refractivity contribution in [2.24, 2.45) is 0 Å². The van der Waals surface area contributed by atoms with E-state index in [1.165, 1.54) is 4.57 Å². The van der Waals surface area contributed by atoms with Gasteiger partial charge in [-0.1, -0.05) is 48.5 Å². The van der Waals surface area contributed by atoms with Gasteiger partial charge in [0, 0.05) is 35.5 Å². The van der Waals surface area contributed by atoms with Crippen LogP contribution in [0.3, 0.4) is 0 Å². The van der Waals surface area contributed by atoms with Gasteiger partial charge in [-0.15, -0.1) is 0 Å². The fourth-order valence-electron chi connectivity index (χ4n) is 3.25. The zero-order chi connectivity index (χ0) is 17.9. The Balaban J connectivity index is 1.78. The first-order valence-corrected chi connectivity index (χ1v) is 9.80. The van der Waals surface area contributed by atoms with Crippen LogP contribution in [0.2, 0.25) is 0 Å². The van der Waals surface area contributed by atoms with Crippen LogP contribution in [-0.2, 0) is 11.3 Å². The summed E-state index contributed by atoms with van der Waals surface area (Å²) in [6.07, 6.45) is 0. The molecule has 6 heteroatoms. The first-order chi connectivity index (χ1) is 12.7. The maximum atomic E-state index is 12.7. The van der Waals surface area contributed by atoms with Crippen molar-refractivity contribution >= 4 is 28.6 Å². The van der Waals surface area contributed by atoms with Crippen molar-refractivity contribution < 1.29 is 4.79 Å². The molecule has 5 nitrogen and oxygen atoms in total. The summed E-state index contributed by atoms with van der Waals surface area (Å²) in [7, 11) is 0. The minimum atomic E-state index is -0.387. The van der Waals surface area contributed by atoms with Crippen molar-refractivity contribution in [1.82, 2.24) is 14.5 Å². The smallest absolute Gasteiger partial charge is 0.339 e. The topological polar surface area (TPSA) is 55.2 Å². The lowest BCUT2D eigenvalue weighted by Gasteiger charge is -2.26. The zero-order valence-corrected chi connectivity index (χ0v) is 15.1. The Bertz CT molecular complexity index is 995. The van der Waals surface area contributed by atoms with E-state index >= 15 is 0 Å². The van der Waals surface area contributed by atoms with Crippen molar-refractivity contribution in [2.75, 3.05) is 24.6 Å². The monoisotopic (exact) mass is 365 g/mol. The van der Waals surface area contributed by atoms with Crippen LogP contribution in [0.4, 0.5) is 0 Å². The van der Waals surface area contributed by atoms with Crippen LogP contribution >= 0.6 is 11.8 Å². The lowest BCUT2D eigenvalue weighted by Crippen LogP contribution is -2.41. The molecule has 1 saturated heterocycles. The molecule has 26 heavy (non-hydrogen) atoms. The Morgan fingerprint density at radius 2 is 1.69 bits per heavy atom. The predicted molar refractivity (Wildman–Crippen MR) is 105 cm³/mol. The molecule has 0 N–H and O–H groups in total. The average molecular weight is 365 g/mol. The lowest BCUT2D eigenvalue weighted by atomic mass is 10.1. The molecule has 4 rings (SSSR count). The van der Waals surface area contributed by atoms with Gasteiger partial charge in [0.05, 0.1) is 11.2 Å². The highest BCUT2D eigenvalue weighted by Crippen LogP contribution is 2.25. The van der Waals surface area contributed by atoms with Crippen LogP contribution in [0.25, 0.3) is 22.2 Å². The number of amides is 1. The van der Waals surface area contributed by atoms with Gasteiger partial charge in [0.2, 0.25) is 5.91 Å². The largest absolute Gasteiger partial charge is 0.349 e. The summed E-state index contributed by atoms with van der Waals surface area (Å²) in [6.45, 7) is 1.52. The minimum absolute atomic E-state index is 0.0215. The van der Waals surface area contributed by atoms with E-state index in [2.05, 4.69) is 4.98 Å². The van der Waals surface area contributed by atoms with Gasteiger partial charge in [0.1, 0.15) is 6.54 Å². The number of para-hydroxylation sites is 1. The number of rotatable bonds is 3. The zero-order valence-electron chi connectivity index (χ0n) is 14.3. The molecule has 2 aromatic carbocycles. The van der Waals surface area contributed by atoms with Crippen molar-refractivity contribution in [2.45, 2.75) is 6.54 Å². The molecule has 132 valence electrons. The number of thioether (sulfide) groups is 1. The molecule has 1 aliphatic heterocycles. The summed E-state index contributed by atoms with van der Waals surface area (Å²) >= 11 is 1.85. The maximum Gasteiger partial charge on any atom is 0.349 e. The maximum absolute atomic E-state index is 12.7. The first kappa shape index (κ1) is 16.8. The minimum Gasteiger partial charge on any atom is -0.339 e. The van der Waals surface area contributed by atoms with Crippen LogP contribution < -0.4 is 5.69 Å². The van der Waals surface area contributed by atoms with E-state index in [1.807, 2.05) is 71.3 Å². The highest BCUT2D eigenvalue weighted by molar-refractivity contribution is 7.99. The number of fused-ring (bicyclic) bond motifs is 1. The molecule has 1 amide bonds. The molecule has 1 aliphatic rings. The van der Waals surface area contributed by atoms with E-state index in [0.717, 1.165) is 41.1 Å². The summed E-state index contributed by atoms with van der Waals surface area (Å²) in [5.74, 6) is 1.88. The van der Waals surface area contributed by atoms with Crippen LogP contribution in [0.15, 0.2) is 59.4 Å². The fourth-order valence-corrected chi connectivity index (χ4v) is 4.15. The van der Waals surface area contributed by atoms with Crippen LogP contribution in [0.5, 0.6) is 0 Å². The highest BCUT2D eigenvalue weighted by Gasteiger charge is 2.19. The number of aromatic nitrogens is 2. The summed E-state index contributed by atoms with van der Waals surface area (Å²) in [5.41, 5.74) is 1.91. The third kappa shape index (κ3) is 3.24. The predicted octanol–water partition coefficient (Wildman–Crippen LogP) is 2.64. The van der Waals surface area contributed by atoms with Crippen molar-refractivity contribution in [1.29, 1.82) is 0 Å². The Kier molecular flexibility index (Phi) is 4.75. The second kappa shape index (κ2) is 7.33. The number of carbonyl (C=O) groups excluding carboxylic acids is 1. The Hall–Kier alpha value is -2.60. The molecule has 0 bridgehead atoms. The molecule has 0 saturated carbocycles. The highest BCUT2D eigenvalue weighted by atomic mass is 32.2. The normalized spacial score (nSPS) is 14.5. The van der Waals surface area contributed by atoms with Crippen LogP contribution in [0.1, 0.15) is 0 Å². The third-order valence-electron chi connectivity index (χ3n) is 4.59. The van der Waals surface area contributed by atoms with Gasteiger partial charge >= 0.3 is 5.69 Å². The summed E-state index contributed by atoms with van der Waals surface area (Å²) in [5, 5.41) is 0.875. The second-order valence-corrected chi connectivity index (χ2v) is 7.43. The van der Waals surface area contributed by atoms with Gasteiger partial charge in [0.15, 0.2) is 0 Å². The van der Waals surface area contributed by atoms with Gasteiger partial charge in [-0.05, 0) is 6.07 Å². The number of hydrogen-bond donors (Lipinski definition) is 0. The van der Waals surface area contributed by atoms with Crippen LogP contribution in [-0.4, -0.2) is 45.0 Å². The van der Waals surface area contributed by atoms with Gasteiger partial charge < -0.3 is 4.90 Å². The number of carbonyl (C=O) groups is 1.